The van der Waals surface area contributed by atoms with Crippen LogP contribution in [0.2, 0.25) is 18.1 Å². The Morgan fingerprint density at radius 1 is 1.30 bits per heavy atom. The molecule has 1 aliphatic rings. The fourth-order valence-corrected chi connectivity index (χ4v) is 4.99. The molecule has 8 heteroatoms. The van der Waals surface area contributed by atoms with Crippen molar-refractivity contribution in [3.63, 3.8) is 0 Å². The van der Waals surface area contributed by atoms with Crippen molar-refractivity contribution < 1.29 is 14.3 Å². The Morgan fingerprint density at radius 2 is 1.93 bits per heavy atom. The molecule has 7 nitrogen and oxygen atoms in total. The van der Waals surface area contributed by atoms with Crippen LogP contribution in [0.15, 0.2) is 18.5 Å². The molecule has 2 atom stereocenters. The van der Waals surface area contributed by atoms with Crippen molar-refractivity contribution in [2.24, 2.45) is 5.92 Å². The highest BCUT2D eigenvalue weighted by molar-refractivity contribution is 6.74. The standard InChI is InChI=1S/C22H40N4O3Si/c1-21(2,3)26(20(27)28)17-11-16(15-29-30(7,8)22(4,5)6)13-25(14-17)19-9-10-24-12-18(19)23/h9-10,12,16-17H,11,13-15,23H2,1-8H3,(H,27,28)/t16-,17+/m0/s1. The molecule has 0 aromatic carbocycles. The van der Waals surface area contributed by atoms with E-state index < -0.39 is 19.9 Å². The Bertz CT molecular complexity index is 743. The first-order valence-electron chi connectivity index (χ1n) is 10.7. The summed E-state index contributed by atoms with van der Waals surface area (Å²) in [7, 11) is -1.89. The fourth-order valence-electron chi connectivity index (χ4n) is 3.90. The molecular weight excluding hydrogens is 396 g/mol. The first kappa shape index (κ1) is 24.5. The number of aromatic nitrogens is 1. The molecule has 1 fully saturated rings. The van der Waals surface area contributed by atoms with Crippen molar-refractivity contribution >= 4 is 25.8 Å². The number of rotatable bonds is 5. The molecule has 30 heavy (non-hydrogen) atoms. The monoisotopic (exact) mass is 436 g/mol. The van der Waals surface area contributed by atoms with E-state index in [1.807, 2.05) is 26.8 Å². The van der Waals surface area contributed by atoms with Gasteiger partial charge < -0.3 is 20.2 Å². The number of amides is 1. The highest BCUT2D eigenvalue weighted by atomic mass is 28.4. The smallest absolute Gasteiger partial charge is 0.408 e. The minimum atomic E-state index is -1.89. The zero-order valence-corrected chi connectivity index (χ0v) is 20.9. The van der Waals surface area contributed by atoms with Gasteiger partial charge in [-0.3, -0.25) is 9.88 Å². The van der Waals surface area contributed by atoms with E-state index >= 15 is 0 Å². The molecule has 1 aromatic heterocycles. The highest BCUT2D eigenvalue weighted by Gasteiger charge is 2.41. The van der Waals surface area contributed by atoms with Gasteiger partial charge in [-0.2, -0.15) is 0 Å². The van der Waals surface area contributed by atoms with E-state index in [1.54, 1.807) is 17.3 Å². The van der Waals surface area contributed by atoms with Crippen LogP contribution >= 0.6 is 0 Å². The van der Waals surface area contributed by atoms with Crippen LogP contribution in [0.5, 0.6) is 0 Å². The number of nitrogens with zero attached hydrogens (tertiary/aromatic N) is 3. The lowest BCUT2D eigenvalue weighted by Gasteiger charge is -2.48. The van der Waals surface area contributed by atoms with Crippen molar-refractivity contribution in [1.29, 1.82) is 0 Å². The first-order chi connectivity index (χ1) is 13.6. The van der Waals surface area contributed by atoms with Gasteiger partial charge in [-0.15, -0.1) is 0 Å². The number of pyridine rings is 1. The Balaban J connectivity index is 2.31. The molecule has 1 aromatic rings. The van der Waals surface area contributed by atoms with Crippen LogP contribution in [0.4, 0.5) is 16.2 Å². The average molecular weight is 437 g/mol. The Labute approximate surface area is 182 Å². The van der Waals surface area contributed by atoms with Crippen molar-refractivity contribution in [3.8, 4) is 0 Å². The molecule has 3 N–H and O–H groups in total. The third kappa shape index (κ3) is 5.66. The van der Waals surface area contributed by atoms with Gasteiger partial charge in [0.2, 0.25) is 0 Å². The summed E-state index contributed by atoms with van der Waals surface area (Å²) in [5, 5.41) is 10.1. The SMILES string of the molecule is CC(C)(C)N(C(=O)O)[C@@H]1C[C@H](CO[Si](C)(C)C(C)(C)C)CN(c2ccncc2N)C1. The number of carboxylic acid groups (broad SMARTS) is 1. The predicted molar refractivity (Wildman–Crippen MR) is 126 cm³/mol. The Hall–Kier alpha value is -1.80. The van der Waals surface area contributed by atoms with Gasteiger partial charge >= 0.3 is 6.09 Å². The number of nitrogen functional groups attached to an aromatic ring is 1. The van der Waals surface area contributed by atoms with Gasteiger partial charge in [0.25, 0.3) is 0 Å². The molecule has 170 valence electrons. The second kappa shape index (κ2) is 8.75. The summed E-state index contributed by atoms with van der Waals surface area (Å²) in [6.45, 7) is 19.1. The number of anilines is 2. The van der Waals surface area contributed by atoms with Gasteiger partial charge in [0, 0.05) is 37.4 Å². The van der Waals surface area contributed by atoms with Crippen LogP contribution in [0.25, 0.3) is 0 Å². The molecule has 0 aliphatic carbocycles. The second-order valence-corrected chi connectivity index (χ2v) is 15.8. The first-order valence-corrected chi connectivity index (χ1v) is 13.6. The minimum Gasteiger partial charge on any atom is -0.465 e. The average Bonchev–Trinajstić information content (AvgIpc) is 2.57. The lowest BCUT2D eigenvalue weighted by Crippen LogP contribution is -2.59. The molecule has 1 amide bonds. The molecule has 0 unspecified atom stereocenters. The number of piperidine rings is 1. The topological polar surface area (TPSA) is 91.9 Å². The number of nitrogens with two attached hydrogens (primary N) is 1. The normalized spacial score (nSPS) is 20.9. The third-order valence-corrected chi connectivity index (χ3v) is 11.0. The summed E-state index contributed by atoms with van der Waals surface area (Å²) in [6, 6.07) is 1.77. The molecule has 0 saturated carbocycles. The highest BCUT2D eigenvalue weighted by Crippen LogP contribution is 2.38. The zero-order valence-electron chi connectivity index (χ0n) is 19.9. The summed E-state index contributed by atoms with van der Waals surface area (Å²) < 4.78 is 6.52. The van der Waals surface area contributed by atoms with Gasteiger partial charge in [-0.05, 0) is 51.4 Å². The third-order valence-electron chi connectivity index (χ3n) is 6.46. The molecule has 1 saturated heterocycles. The van der Waals surface area contributed by atoms with Gasteiger partial charge in [0.1, 0.15) is 0 Å². The molecule has 1 aliphatic heterocycles. The van der Waals surface area contributed by atoms with Gasteiger partial charge in [0.15, 0.2) is 8.32 Å². The van der Waals surface area contributed by atoms with Gasteiger partial charge in [0.05, 0.1) is 23.6 Å². The summed E-state index contributed by atoms with van der Waals surface area (Å²) in [6.07, 6.45) is 3.27. The summed E-state index contributed by atoms with van der Waals surface area (Å²) >= 11 is 0. The van der Waals surface area contributed by atoms with E-state index in [-0.39, 0.29) is 17.0 Å². The van der Waals surface area contributed by atoms with E-state index in [2.05, 4.69) is 43.7 Å². The van der Waals surface area contributed by atoms with E-state index in [4.69, 9.17) is 10.2 Å². The quantitative estimate of drug-likeness (QED) is 0.652. The fraction of sp³-hybridized carbons (Fsp3) is 0.727. The van der Waals surface area contributed by atoms with E-state index in [1.165, 1.54) is 0 Å². The van der Waals surface area contributed by atoms with Crippen LogP contribution in [0.3, 0.4) is 0 Å². The maximum Gasteiger partial charge on any atom is 0.408 e. The lowest BCUT2D eigenvalue weighted by molar-refractivity contribution is 0.0515. The second-order valence-electron chi connectivity index (χ2n) is 11.0. The Kier molecular flexibility index (Phi) is 7.13. The number of hydrogen-bond donors (Lipinski definition) is 2. The lowest BCUT2D eigenvalue weighted by atomic mass is 9.90. The van der Waals surface area contributed by atoms with Crippen molar-refractivity contribution in [3.05, 3.63) is 18.5 Å². The largest absolute Gasteiger partial charge is 0.465 e. The van der Waals surface area contributed by atoms with Gasteiger partial charge in [-0.25, -0.2) is 4.79 Å². The van der Waals surface area contributed by atoms with Crippen LogP contribution in [-0.2, 0) is 4.43 Å². The van der Waals surface area contributed by atoms with Crippen LogP contribution in [0, 0.1) is 5.92 Å². The van der Waals surface area contributed by atoms with Crippen molar-refractivity contribution in [2.45, 2.75) is 77.7 Å². The minimum absolute atomic E-state index is 0.134. The zero-order chi connectivity index (χ0) is 22.9. The Morgan fingerprint density at radius 3 is 2.43 bits per heavy atom. The molecule has 2 heterocycles. The number of carbonyl (C=O) groups is 1. The maximum atomic E-state index is 12.2. The van der Waals surface area contributed by atoms with Crippen molar-refractivity contribution in [1.82, 2.24) is 9.88 Å². The summed E-state index contributed by atoms with van der Waals surface area (Å²) in [5.74, 6) is 0.217. The molecule has 0 spiro atoms. The van der Waals surface area contributed by atoms with Crippen LogP contribution in [-0.4, -0.2) is 60.7 Å². The summed E-state index contributed by atoms with van der Waals surface area (Å²) in [5.41, 5.74) is 7.23. The van der Waals surface area contributed by atoms with Crippen LogP contribution in [0.1, 0.15) is 48.0 Å². The predicted octanol–water partition coefficient (Wildman–Crippen LogP) is 4.66. The van der Waals surface area contributed by atoms with E-state index in [0.29, 0.717) is 18.8 Å². The van der Waals surface area contributed by atoms with E-state index in [9.17, 15) is 9.90 Å². The van der Waals surface area contributed by atoms with E-state index in [0.717, 1.165) is 18.7 Å². The molecular formula is C22H40N4O3Si. The summed E-state index contributed by atoms with van der Waals surface area (Å²) in [4.78, 5) is 20.1. The molecule has 0 radical (unpaired) electrons. The van der Waals surface area contributed by atoms with Crippen LogP contribution < -0.4 is 10.6 Å². The molecule has 2 rings (SSSR count). The number of hydrogen-bond acceptors (Lipinski definition) is 5. The van der Waals surface area contributed by atoms with Gasteiger partial charge in [-0.1, -0.05) is 20.8 Å². The molecule has 0 bridgehead atoms. The maximum absolute atomic E-state index is 12.2. The van der Waals surface area contributed by atoms with Crippen molar-refractivity contribution in [2.75, 3.05) is 30.3 Å².